The Kier molecular flexibility index (Phi) is 8.76. The average molecular weight is 686 g/mol. The SMILES string of the molecule is C=CCN1C(=O)[C@]2(O[C@H](CCn3cc(CCO)nn3)[C@@H]([Si](C)(C)O)[C@@H]2C)c2cc(N3CN(c4ccccc4)C4(CCNCC4)C3=O)ccc21. The summed E-state index contributed by atoms with van der Waals surface area (Å²) in [4.78, 5) is 46.8. The predicted octanol–water partition coefficient (Wildman–Crippen LogP) is 3.17. The van der Waals surface area contributed by atoms with E-state index in [1.54, 1.807) is 15.7 Å². The lowest BCUT2D eigenvalue weighted by Crippen LogP contribution is -2.55. The van der Waals surface area contributed by atoms with Crippen LogP contribution in [-0.4, -0.2) is 89.6 Å². The van der Waals surface area contributed by atoms with Crippen LogP contribution in [0.2, 0.25) is 18.6 Å². The zero-order valence-corrected chi connectivity index (χ0v) is 29.6. The monoisotopic (exact) mass is 685 g/mol. The number of benzene rings is 2. The molecule has 0 unspecified atom stereocenters. The minimum atomic E-state index is -2.88. The lowest BCUT2D eigenvalue weighted by atomic mass is 9.82. The fourth-order valence-electron chi connectivity index (χ4n) is 8.92. The molecule has 3 N–H and O–H groups in total. The number of nitrogens with zero attached hydrogens (tertiary/aromatic N) is 6. The van der Waals surface area contributed by atoms with Crippen molar-refractivity contribution >= 4 is 37.2 Å². The summed E-state index contributed by atoms with van der Waals surface area (Å²) >= 11 is 0. The maximum Gasteiger partial charge on any atom is 0.264 e. The van der Waals surface area contributed by atoms with Crippen LogP contribution in [0.25, 0.3) is 0 Å². The van der Waals surface area contributed by atoms with Crippen molar-refractivity contribution in [2.75, 3.05) is 47.6 Å². The second kappa shape index (κ2) is 12.8. The number of amides is 2. The highest BCUT2D eigenvalue weighted by Crippen LogP contribution is 2.60. The van der Waals surface area contributed by atoms with Crippen LogP contribution in [0.4, 0.5) is 17.1 Å². The van der Waals surface area contributed by atoms with Crippen molar-refractivity contribution in [3.63, 3.8) is 0 Å². The number of aromatic nitrogens is 3. The van der Waals surface area contributed by atoms with Gasteiger partial charge in [0.15, 0.2) is 13.9 Å². The van der Waals surface area contributed by atoms with E-state index < -0.39 is 25.6 Å². The Labute approximate surface area is 288 Å². The number of ether oxygens (including phenoxy) is 1. The summed E-state index contributed by atoms with van der Waals surface area (Å²) in [5.41, 5.74) is 1.66. The Morgan fingerprint density at radius 2 is 1.86 bits per heavy atom. The molecule has 4 aliphatic heterocycles. The van der Waals surface area contributed by atoms with E-state index >= 15 is 0 Å². The van der Waals surface area contributed by atoms with Crippen LogP contribution in [-0.2, 0) is 32.9 Å². The van der Waals surface area contributed by atoms with Crippen LogP contribution in [0, 0.1) is 5.92 Å². The summed E-state index contributed by atoms with van der Waals surface area (Å²) in [6, 6.07) is 16.0. The Bertz CT molecular complexity index is 1720. The molecular weight excluding hydrogens is 639 g/mol. The molecule has 2 aromatic carbocycles. The Morgan fingerprint density at radius 3 is 2.55 bits per heavy atom. The smallest absolute Gasteiger partial charge is 0.264 e. The molecule has 2 spiro atoms. The lowest BCUT2D eigenvalue weighted by molar-refractivity contribution is -0.145. The number of piperidine rings is 1. The number of nitrogens with one attached hydrogen (secondary N) is 1. The van der Waals surface area contributed by atoms with E-state index in [4.69, 9.17) is 4.74 Å². The number of anilines is 3. The number of fused-ring (bicyclic) bond motifs is 2. The number of carbonyl (C=O) groups is 2. The maximum atomic E-state index is 14.7. The van der Waals surface area contributed by atoms with E-state index in [0.717, 1.165) is 35.7 Å². The molecule has 3 saturated heterocycles. The van der Waals surface area contributed by atoms with E-state index in [-0.39, 0.29) is 29.9 Å². The van der Waals surface area contributed by atoms with Gasteiger partial charge < -0.3 is 29.8 Å². The molecule has 0 aliphatic carbocycles. The normalized spacial score (nSPS) is 26.4. The van der Waals surface area contributed by atoms with Gasteiger partial charge >= 0.3 is 0 Å². The minimum Gasteiger partial charge on any atom is -0.432 e. The fraction of sp³-hybridized carbons (Fsp3) is 0.500. The Hall–Kier alpha value is -3.88. The number of aliphatic hydroxyl groups excluding tert-OH is 1. The third-order valence-corrected chi connectivity index (χ3v) is 13.6. The first-order valence-corrected chi connectivity index (χ1v) is 20.4. The van der Waals surface area contributed by atoms with Crippen molar-refractivity contribution in [3.8, 4) is 0 Å². The van der Waals surface area contributed by atoms with Gasteiger partial charge in [0.05, 0.1) is 24.2 Å². The van der Waals surface area contributed by atoms with Gasteiger partial charge in [-0.2, -0.15) is 0 Å². The number of aryl methyl sites for hydroxylation is 1. The first kappa shape index (κ1) is 33.6. The van der Waals surface area contributed by atoms with Crippen molar-refractivity contribution < 1.29 is 24.2 Å². The van der Waals surface area contributed by atoms with Gasteiger partial charge in [-0.05, 0) is 75.8 Å². The number of aliphatic hydroxyl groups is 1. The van der Waals surface area contributed by atoms with Crippen LogP contribution < -0.4 is 20.0 Å². The Morgan fingerprint density at radius 1 is 1.10 bits per heavy atom. The average Bonchev–Trinajstić information content (AvgIpc) is 3.80. The third-order valence-electron chi connectivity index (χ3n) is 11.1. The van der Waals surface area contributed by atoms with Crippen LogP contribution >= 0.6 is 0 Å². The van der Waals surface area contributed by atoms with Gasteiger partial charge in [-0.3, -0.25) is 19.2 Å². The summed E-state index contributed by atoms with van der Waals surface area (Å²) in [5.74, 6) is -0.447. The first-order valence-electron chi connectivity index (χ1n) is 17.4. The molecule has 4 aliphatic rings. The standard InChI is InChI=1S/C36H47N7O5Si/c1-5-19-41-30-12-11-28(42-24-43(27-9-7-6-8-10-27)35(33(42)45)15-17-37-18-16-35)22-29(30)36(34(41)46)25(2)32(49(3,4)47)31(48-36)13-20-40-23-26(14-21-44)38-39-40/h5-12,22-23,25,31-32,37,44,47H,1,13-21,24H2,2-4H3/t25-,31+,32-,36+/m0/s1. The highest BCUT2D eigenvalue weighted by atomic mass is 28.4. The van der Waals surface area contributed by atoms with Gasteiger partial charge in [0.25, 0.3) is 11.8 Å². The van der Waals surface area contributed by atoms with Crippen molar-refractivity contribution in [2.24, 2.45) is 5.92 Å². The summed E-state index contributed by atoms with van der Waals surface area (Å²) < 4.78 is 8.75. The summed E-state index contributed by atoms with van der Waals surface area (Å²) in [7, 11) is -2.88. The van der Waals surface area contributed by atoms with Gasteiger partial charge in [-0.1, -0.05) is 36.4 Å². The number of para-hydroxylation sites is 1. The molecule has 0 radical (unpaired) electrons. The van der Waals surface area contributed by atoms with Gasteiger partial charge in [0, 0.05) is 60.7 Å². The second-order valence-electron chi connectivity index (χ2n) is 14.4. The first-order chi connectivity index (χ1) is 23.5. The molecule has 4 atom stereocenters. The number of hydrogen-bond donors (Lipinski definition) is 3. The molecule has 1 aromatic heterocycles. The topological polar surface area (TPSA) is 136 Å². The highest BCUT2D eigenvalue weighted by molar-refractivity contribution is 6.71. The molecule has 3 fully saturated rings. The van der Waals surface area contributed by atoms with Crippen LogP contribution in [0.1, 0.15) is 37.4 Å². The van der Waals surface area contributed by atoms with Crippen molar-refractivity contribution in [3.05, 3.63) is 78.6 Å². The van der Waals surface area contributed by atoms with Gasteiger partial charge in [0.2, 0.25) is 0 Å². The van der Waals surface area contributed by atoms with Crippen LogP contribution in [0.5, 0.6) is 0 Å². The number of hydrogen-bond acceptors (Lipinski definition) is 9. The van der Waals surface area contributed by atoms with Crippen molar-refractivity contribution in [2.45, 2.75) is 75.0 Å². The third kappa shape index (κ3) is 5.42. The largest absolute Gasteiger partial charge is 0.432 e. The van der Waals surface area contributed by atoms with E-state index in [0.29, 0.717) is 51.1 Å². The van der Waals surface area contributed by atoms with Gasteiger partial charge in [-0.15, -0.1) is 11.7 Å². The molecule has 5 heterocycles. The van der Waals surface area contributed by atoms with E-state index in [9.17, 15) is 19.5 Å². The fourth-order valence-corrected chi connectivity index (χ4v) is 11.5. The Balaban J connectivity index is 1.27. The summed E-state index contributed by atoms with van der Waals surface area (Å²) in [6.45, 7) is 12.5. The second-order valence-corrected chi connectivity index (χ2v) is 18.4. The maximum absolute atomic E-state index is 14.7. The van der Waals surface area contributed by atoms with E-state index in [1.165, 1.54) is 0 Å². The zero-order chi connectivity index (χ0) is 34.6. The molecule has 3 aromatic rings. The van der Waals surface area contributed by atoms with Crippen molar-refractivity contribution in [1.82, 2.24) is 20.3 Å². The molecular formula is C36H47N7O5Si. The number of rotatable bonds is 10. The molecule has 260 valence electrons. The molecule has 13 heteroatoms. The molecule has 7 rings (SSSR count). The zero-order valence-electron chi connectivity index (χ0n) is 28.6. The van der Waals surface area contributed by atoms with E-state index in [2.05, 4.69) is 39.2 Å². The number of carbonyl (C=O) groups excluding carboxylic acids is 2. The molecule has 2 amide bonds. The molecule has 49 heavy (non-hydrogen) atoms. The van der Waals surface area contributed by atoms with E-state index in [1.807, 2.05) is 67.5 Å². The summed E-state index contributed by atoms with van der Waals surface area (Å²) in [6.07, 6.45) is 5.45. The van der Waals surface area contributed by atoms with Crippen molar-refractivity contribution in [1.29, 1.82) is 0 Å². The van der Waals surface area contributed by atoms with Gasteiger partial charge in [-0.25, -0.2) is 0 Å². The highest BCUT2D eigenvalue weighted by Gasteiger charge is 2.66. The molecule has 0 bridgehead atoms. The summed E-state index contributed by atoms with van der Waals surface area (Å²) in [5, 5.41) is 21.1. The quantitative estimate of drug-likeness (QED) is 0.217. The lowest BCUT2D eigenvalue weighted by Gasteiger charge is -2.39. The van der Waals surface area contributed by atoms with Gasteiger partial charge in [0.1, 0.15) is 5.54 Å². The van der Waals surface area contributed by atoms with Crippen LogP contribution in [0.15, 0.2) is 67.4 Å². The van der Waals surface area contributed by atoms with Crippen LogP contribution in [0.3, 0.4) is 0 Å². The minimum absolute atomic E-state index is 0.00688. The predicted molar refractivity (Wildman–Crippen MR) is 190 cm³/mol. The molecule has 0 saturated carbocycles. The molecule has 12 nitrogen and oxygen atoms in total.